The van der Waals surface area contributed by atoms with Crippen LogP contribution in [0.3, 0.4) is 0 Å². The largest absolute Gasteiger partial charge is 0.396 e. The Kier molecular flexibility index (Phi) is 3.24. The number of hydrogen-bond donors (Lipinski definition) is 2. The van der Waals surface area contributed by atoms with Crippen LogP contribution in [0.4, 0.5) is 11.6 Å². The second-order valence-electron chi connectivity index (χ2n) is 4.44. The van der Waals surface area contributed by atoms with Crippen molar-refractivity contribution in [3.8, 4) is 0 Å². The van der Waals surface area contributed by atoms with Gasteiger partial charge in [-0.3, -0.25) is 0 Å². The summed E-state index contributed by atoms with van der Waals surface area (Å²) in [5, 5.41) is 3.25. The molecular weight excluding hydrogens is 204 g/mol. The number of hydrogen-bond acceptors (Lipinski definition) is 5. The molecule has 2 rings (SSSR count). The zero-order valence-electron chi connectivity index (χ0n) is 9.57. The lowest BCUT2D eigenvalue weighted by atomic mass is 10.0. The van der Waals surface area contributed by atoms with Crippen molar-refractivity contribution in [1.29, 1.82) is 0 Å². The van der Waals surface area contributed by atoms with Crippen molar-refractivity contribution < 1.29 is 4.74 Å². The summed E-state index contributed by atoms with van der Waals surface area (Å²) in [5.41, 5.74) is 6.51. The molecule has 0 unspecified atom stereocenters. The first kappa shape index (κ1) is 11.1. The minimum Gasteiger partial charge on any atom is -0.396 e. The molecule has 1 aromatic heterocycles. The van der Waals surface area contributed by atoms with E-state index in [9.17, 15) is 0 Å². The Hall–Kier alpha value is -1.36. The van der Waals surface area contributed by atoms with E-state index in [1.165, 1.54) is 12.8 Å². The van der Waals surface area contributed by atoms with E-state index in [0.717, 1.165) is 19.6 Å². The van der Waals surface area contributed by atoms with Gasteiger partial charge >= 0.3 is 0 Å². The standard InChI is InChI=1S/C11H18N4O/c1-16-5-4-11(2-3-11)8-15-10-13-6-9(12)7-14-10/h6-7H,2-5,8,12H2,1H3,(H,13,14,15). The van der Waals surface area contributed by atoms with Crippen LogP contribution >= 0.6 is 0 Å². The molecule has 1 saturated carbocycles. The summed E-state index contributed by atoms with van der Waals surface area (Å²) in [5.74, 6) is 0.651. The van der Waals surface area contributed by atoms with E-state index in [4.69, 9.17) is 10.5 Å². The second kappa shape index (κ2) is 4.65. The Morgan fingerprint density at radius 2 is 2.12 bits per heavy atom. The lowest BCUT2D eigenvalue weighted by Crippen LogP contribution is -2.18. The van der Waals surface area contributed by atoms with Crippen LogP contribution < -0.4 is 11.1 Å². The second-order valence-corrected chi connectivity index (χ2v) is 4.44. The van der Waals surface area contributed by atoms with Gasteiger partial charge in [0, 0.05) is 20.3 Å². The number of nitrogens with two attached hydrogens (primary N) is 1. The number of methoxy groups -OCH3 is 1. The molecule has 1 heterocycles. The third-order valence-corrected chi connectivity index (χ3v) is 3.09. The van der Waals surface area contributed by atoms with Crippen molar-refractivity contribution in [2.75, 3.05) is 31.3 Å². The Morgan fingerprint density at radius 1 is 1.44 bits per heavy atom. The van der Waals surface area contributed by atoms with Crippen molar-refractivity contribution in [1.82, 2.24) is 9.97 Å². The zero-order valence-corrected chi connectivity index (χ0v) is 9.57. The van der Waals surface area contributed by atoms with Crippen LogP contribution in [0.1, 0.15) is 19.3 Å². The highest BCUT2D eigenvalue weighted by Crippen LogP contribution is 2.48. The fourth-order valence-corrected chi connectivity index (χ4v) is 1.71. The molecule has 5 nitrogen and oxygen atoms in total. The summed E-state index contributed by atoms with van der Waals surface area (Å²) in [6.45, 7) is 1.74. The summed E-state index contributed by atoms with van der Waals surface area (Å²) in [4.78, 5) is 8.22. The van der Waals surface area contributed by atoms with E-state index in [-0.39, 0.29) is 0 Å². The van der Waals surface area contributed by atoms with Gasteiger partial charge in [-0.2, -0.15) is 0 Å². The molecule has 3 N–H and O–H groups in total. The van der Waals surface area contributed by atoms with E-state index in [2.05, 4.69) is 15.3 Å². The van der Waals surface area contributed by atoms with Gasteiger partial charge in [0.1, 0.15) is 0 Å². The molecule has 1 aliphatic rings. The summed E-state index contributed by atoms with van der Waals surface area (Å²) < 4.78 is 5.11. The predicted molar refractivity (Wildman–Crippen MR) is 63.1 cm³/mol. The van der Waals surface area contributed by atoms with Crippen LogP contribution in [0.5, 0.6) is 0 Å². The van der Waals surface area contributed by atoms with Crippen LogP contribution in [0.15, 0.2) is 12.4 Å². The number of nitrogens with zero attached hydrogens (tertiary/aromatic N) is 2. The SMILES string of the molecule is COCCC1(CNc2ncc(N)cn2)CC1. The van der Waals surface area contributed by atoms with E-state index >= 15 is 0 Å². The molecule has 5 heteroatoms. The van der Waals surface area contributed by atoms with Gasteiger partial charge in [-0.1, -0.05) is 0 Å². The molecule has 0 radical (unpaired) electrons. The number of aromatic nitrogens is 2. The number of nitrogens with one attached hydrogen (secondary N) is 1. The van der Waals surface area contributed by atoms with E-state index < -0.39 is 0 Å². The molecule has 1 fully saturated rings. The Labute approximate surface area is 95.4 Å². The highest BCUT2D eigenvalue weighted by atomic mass is 16.5. The first-order valence-corrected chi connectivity index (χ1v) is 5.54. The van der Waals surface area contributed by atoms with E-state index in [0.29, 0.717) is 17.1 Å². The Balaban J connectivity index is 1.81. The highest BCUT2D eigenvalue weighted by Gasteiger charge is 2.41. The first-order valence-electron chi connectivity index (χ1n) is 5.54. The molecule has 0 aliphatic heterocycles. The topological polar surface area (TPSA) is 73.1 Å². The van der Waals surface area contributed by atoms with Gasteiger partial charge < -0.3 is 15.8 Å². The van der Waals surface area contributed by atoms with Gasteiger partial charge in [0.05, 0.1) is 18.1 Å². The maximum Gasteiger partial charge on any atom is 0.222 e. The lowest BCUT2D eigenvalue weighted by molar-refractivity contribution is 0.175. The predicted octanol–water partition coefficient (Wildman–Crippen LogP) is 1.29. The molecule has 0 atom stereocenters. The van der Waals surface area contributed by atoms with Gasteiger partial charge in [0.15, 0.2) is 0 Å². The molecule has 1 aliphatic carbocycles. The van der Waals surface area contributed by atoms with Crippen LogP contribution in [0.2, 0.25) is 0 Å². The minimum atomic E-state index is 0.404. The van der Waals surface area contributed by atoms with Gasteiger partial charge in [0.25, 0.3) is 0 Å². The Morgan fingerprint density at radius 3 is 2.69 bits per heavy atom. The average molecular weight is 222 g/mol. The maximum atomic E-state index is 5.52. The van der Waals surface area contributed by atoms with Crippen LogP contribution in [-0.4, -0.2) is 30.2 Å². The van der Waals surface area contributed by atoms with Crippen molar-refractivity contribution in [3.05, 3.63) is 12.4 Å². The molecule has 88 valence electrons. The monoisotopic (exact) mass is 222 g/mol. The summed E-state index contributed by atoms with van der Waals surface area (Å²) in [6.07, 6.45) is 6.86. The fourth-order valence-electron chi connectivity index (χ4n) is 1.71. The molecule has 0 saturated heterocycles. The molecular formula is C11H18N4O. The first-order chi connectivity index (χ1) is 7.74. The average Bonchev–Trinajstić information content (AvgIpc) is 3.07. The number of nitrogen functional groups attached to an aromatic ring is 1. The van der Waals surface area contributed by atoms with Crippen LogP contribution in [0, 0.1) is 5.41 Å². The van der Waals surface area contributed by atoms with E-state index in [1.54, 1.807) is 19.5 Å². The minimum absolute atomic E-state index is 0.404. The quantitative estimate of drug-likeness (QED) is 0.758. The molecule has 0 bridgehead atoms. The molecule has 0 amide bonds. The third-order valence-electron chi connectivity index (χ3n) is 3.09. The van der Waals surface area contributed by atoms with E-state index in [1.807, 2.05) is 0 Å². The normalized spacial score (nSPS) is 17.1. The molecule has 1 aromatic rings. The van der Waals surface area contributed by atoms with Crippen molar-refractivity contribution in [2.45, 2.75) is 19.3 Å². The van der Waals surface area contributed by atoms with Gasteiger partial charge in [-0.05, 0) is 24.7 Å². The molecule has 0 aromatic carbocycles. The van der Waals surface area contributed by atoms with Crippen molar-refractivity contribution in [3.63, 3.8) is 0 Å². The summed E-state index contributed by atoms with van der Waals surface area (Å²) >= 11 is 0. The number of ether oxygens (including phenoxy) is 1. The third kappa shape index (κ3) is 2.82. The van der Waals surface area contributed by atoms with Crippen molar-refractivity contribution >= 4 is 11.6 Å². The zero-order chi connectivity index (χ0) is 11.4. The molecule has 0 spiro atoms. The van der Waals surface area contributed by atoms with Gasteiger partial charge in [0.2, 0.25) is 5.95 Å². The van der Waals surface area contributed by atoms with Gasteiger partial charge in [-0.25, -0.2) is 9.97 Å². The maximum absolute atomic E-state index is 5.52. The summed E-state index contributed by atoms with van der Waals surface area (Å²) in [7, 11) is 1.74. The smallest absolute Gasteiger partial charge is 0.222 e. The number of rotatable bonds is 6. The highest BCUT2D eigenvalue weighted by molar-refractivity contribution is 5.36. The van der Waals surface area contributed by atoms with Crippen LogP contribution in [-0.2, 0) is 4.74 Å². The lowest BCUT2D eigenvalue weighted by Gasteiger charge is -2.15. The fraction of sp³-hybridized carbons (Fsp3) is 0.636. The van der Waals surface area contributed by atoms with Crippen molar-refractivity contribution in [2.24, 2.45) is 5.41 Å². The number of anilines is 2. The van der Waals surface area contributed by atoms with Gasteiger partial charge in [-0.15, -0.1) is 0 Å². The summed E-state index contributed by atoms with van der Waals surface area (Å²) in [6, 6.07) is 0. The molecule has 16 heavy (non-hydrogen) atoms. The Bertz CT molecular complexity index is 334. The van der Waals surface area contributed by atoms with Crippen LogP contribution in [0.25, 0.3) is 0 Å².